The standard InChI is InChI=1S/C15H27N3O2/c1-5-15(6-2,19-4)12-17-13(20-18-12)14(16)9-7-8-11(3)10-14/h11H,5-10,16H2,1-4H3. The van der Waals surface area contributed by atoms with Gasteiger partial charge >= 0.3 is 0 Å². The van der Waals surface area contributed by atoms with Crippen molar-refractivity contribution in [2.75, 3.05) is 7.11 Å². The van der Waals surface area contributed by atoms with Crippen molar-refractivity contribution in [3.05, 3.63) is 11.7 Å². The number of hydrogen-bond donors (Lipinski definition) is 1. The van der Waals surface area contributed by atoms with E-state index in [0.717, 1.165) is 32.1 Å². The average molecular weight is 281 g/mol. The highest BCUT2D eigenvalue weighted by atomic mass is 16.5. The topological polar surface area (TPSA) is 74.2 Å². The van der Waals surface area contributed by atoms with Gasteiger partial charge < -0.3 is 15.0 Å². The van der Waals surface area contributed by atoms with Crippen LogP contribution in [0.15, 0.2) is 4.52 Å². The average Bonchev–Trinajstić information content (AvgIpc) is 2.92. The van der Waals surface area contributed by atoms with Crippen LogP contribution in [0.5, 0.6) is 0 Å². The minimum Gasteiger partial charge on any atom is -0.370 e. The zero-order chi connectivity index (χ0) is 14.8. The Morgan fingerprint density at radius 1 is 1.45 bits per heavy atom. The van der Waals surface area contributed by atoms with Crippen LogP contribution in [0.2, 0.25) is 0 Å². The van der Waals surface area contributed by atoms with Crippen molar-refractivity contribution in [2.45, 2.75) is 70.4 Å². The molecular formula is C15H27N3O2. The van der Waals surface area contributed by atoms with Gasteiger partial charge in [0, 0.05) is 7.11 Å². The normalized spacial score (nSPS) is 27.8. The third-order valence-electron chi connectivity index (χ3n) is 4.82. The molecule has 20 heavy (non-hydrogen) atoms. The molecule has 2 N–H and O–H groups in total. The lowest BCUT2D eigenvalue weighted by Gasteiger charge is -2.33. The van der Waals surface area contributed by atoms with Crippen LogP contribution in [0.4, 0.5) is 0 Å². The van der Waals surface area contributed by atoms with Gasteiger partial charge in [-0.15, -0.1) is 0 Å². The number of nitrogens with two attached hydrogens (primary N) is 1. The smallest absolute Gasteiger partial charge is 0.246 e. The Kier molecular flexibility index (Phi) is 4.49. The van der Waals surface area contributed by atoms with Crippen molar-refractivity contribution >= 4 is 0 Å². The van der Waals surface area contributed by atoms with Crippen molar-refractivity contribution in [1.82, 2.24) is 10.1 Å². The Labute approximate surface area is 121 Å². The predicted octanol–water partition coefficient (Wildman–Crippen LogP) is 3.10. The minimum absolute atomic E-state index is 0.460. The van der Waals surface area contributed by atoms with Gasteiger partial charge in [0.2, 0.25) is 11.7 Å². The monoisotopic (exact) mass is 281 g/mol. The number of aromatic nitrogens is 2. The molecule has 1 aromatic heterocycles. The highest BCUT2D eigenvalue weighted by molar-refractivity contribution is 5.08. The molecule has 1 aliphatic carbocycles. The molecular weight excluding hydrogens is 254 g/mol. The molecule has 0 amide bonds. The fourth-order valence-electron chi connectivity index (χ4n) is 3.34. The van der Waals surface area contributed by atoms with E-state index in [9.17, 15) is 0 Å². The van der Waals surface area contributed by atoms with Gasteiger partial charge in [-0.25, -0.2) is 0 Å². The fraction of sp³-hybridized carbons (Fsp3) is 0.867. The quantitative estimate of drug-likeness (QED) is 0.897. The van der Waals surface area contributed by atoms with E-state index in [2.05, 4.69) is 30.9 Å². The molecule has 1 heterocycles. The molecule has 1 saturated carbocycles. The molecule has 0 bridgehead atoms. The third-order valence-corrected chi connectivity index (χ3v) is 4.82. The van der Waals surface area contributed by atoms with E-state index in [1.54, 1.807) is 7.11 Å². The zero-order valence-corrected chi connectivity index (χ0v) is 13.1. The van der Waals surface area contributed by atoms with Crippen molar-refractivity contribution in [3.8, 4) is 0 Å². The lowest BCUT2D eigenvalue weighted by Crippen LogP contribution is -2.41. The van der Waals surface area contributed by atoms with E-state index < -0.39 is 11.1 Å². The molecule has 1 fully saturated rings. The maximum atomic E-state index is 6.51. The lowest BCUT2D eigenvalue weighted by atomic mass is 9.77. The molecule has 114 valence electrons. The van der Waals surface area contributed by atoms with Crippen molar-refractivity contribution in [1.29, 1.82) is 0 Å². The molecule has 1 aliphatic rings. The van der Waals surface area contributed by atoms with Crippen LogP contribution in [0.3, 0.4) is 0 Å². The Morgan fingerprint density at radius 2 is 2.15 bits per heavy atom. The molecule has 0 radical (unpaired) electrons. The first-order valence-corrected chi connectivity index (χ1v) is 7.68. The number of methoxy groups -OCH3 is 1. The first-order chi connectivity index (χ1) is 9.49. The SMILES string of the molecule is CCC(CC)(OC)c1noc(C2(N)CCCC(C)C2)n1. The summed E-state index contributed by atoms with van der Waals surface area (Å²) in [4.78, 5) is 4.60. The second kappa shape index (κ2) is 5.82. The van der Waals surface area contributed by atoms with Gasteiger partial charge in [-0.2, -0.15) is 4.98 Å². The summed E-state index contributed by atoms with van der Waals surface area (Å²) in [5.41, 5.74) is 5.59. The summed E-state index contributed by atoms with van der Waals surface area (Å²) in [6.45, 7) is 6.38. The molecule has 0 aliphatic heterocycles. The summed E-state index contributed by atoms with van der Waals surface area (Å²) in [5.74, 6) is 1.80. The zero-order valence-electron chi connectivity index (χ0n) is 13.1. The molecule has 0 spiro atoms. The number of nitrogens with zero attached hydrogens (tertiary/aromatic N) is 2. The Hall–Kier alpha value is -0.940. The summed E-state index contributed by atoms with van der Waals surface area (Å²) < 4.78 is 11.2. The molecule has 5 heteroatoms. The lowest BCUT2D eigenvalue weighted by molar-refractivity contribution is -0.0306. The van der Waals surface area contributed by atoms with Gasteiger partial charge in [-0.3, -0.25) is 0 Å². The van der Waals surface area contributed by atoms with Gasteiger partial charge in [0.1, 0.15) is 5.60 Å². The summed E-state index contributed by atoms with van der Waals surface area (Å²) in [6, 6.07) is 0. The number of ether oxygens (including phenoxy) is 1. The predicted molar refractivity (Wildman–Crippen MR) is 77.1 cm³/mol. The fourth-order valence-corrected chi connectivity index (χ4v) is 3.34. The molecule has 2 rings (SSSR count). The van der Waals surface area contributed by atoms with Crippen molar-refractivity contribution in [2.24, 2.45) is 11.7 Å². The maximum absolute atomic E-state index is 6.51. The van der Waals surface area contributed by atoms with Crippen LogP contribution < -0.4 is 5.73 Å². The first kappa shape index (κ1) is 15.4. The van der Waals surface area contributed by atoms with Crippen molar-refractivity contribution in [3.63, 3.8) is 0 Å². The molecule has 5 nitrogen and oxygen atoms in total. The summed E-state index contributed by atoms with van der Waals surface area (Å²) in [5, 5.41) is 4.16. The van der Waals surface area contributed by atoms with Crippen LogP contribution in [0.25, 0.3) is 0 Å². The second-order valence-electron chi connectivity index (χ2n) is 6.19. The summed E-state index contributed by atoms with van der Waals surface area (Å²) >= 11 is 0. The van der Waals surface area contributed by atoms with Crippen LogP contribution in [0, 0.1) is 5.92 Å². The summed E-state index contributed by atoms with van der Waals surface area (Å²) in [7, 11) is 1.70. The molecule has 2 atom stereocenters. The maximum Gasteiger partial charge on any atom is 0.246 e. The van der Waals surface area contributed by atoms with Crippen LogP contribution in [-0.4, -0.2) is 17.3 Å². The molecule has 0 saturated heterocycles. The van der Waals surface area contributed by atoms with Crippen LogP contribution in [0.1, 0.15) is 71.0 Å². The van der Waals surface area contributed by atoms with E-state index in [-0.39, 0.29) is 0 Å². The highest BCUT2D eigenvalue weighted by Crippen LogP contribution is 2.38. The number of rotatable bonds is 5. The van der Waals surface area contributed by atoms with E-state index >= 15 is 0 Å². The number of hydrogen-bond acceptors (Lipinski definition) is 5. The molecule has 2 unspecified atom stereocenters. The van der Waals surface area contributed by atoms with Gasteiger partial charge in [-0.05, 0) is 31.6 Å². The molecule has 1 aromatic rings. The third kappa shape index (κ3) is 2.61. The largest absolute Gasteiger partial charge is 0.370 e. The Bertz CT molecular complexity index is 434. The minimum atomic E-state index is -0.468. The van der Waals surface area contributed by atoms with Crippen molar-refractivity contribution < 1.29 is 9.26 Å². The van der Waals surface area contributed by atoms with E-state index in [0.29, 0.717) is 17.6 Å². The van der Waals surface area contributed by atoms with E-state index in [1.165, 1.54) is 6.42 Å². The van der Waals surface area contributed by atoms with Crippen LogP contribution >= 0.6 is 0 Å². The van der Waals surface area contributed by atoms with E-state index in [4.69, 9.17) is 15.0 Å². The van der Waals surface area contributed by atoms with Crippen LogP contribution in [-0.2, 0) is 15.9 Å². The van der Waals surface area contributed by atoms with Gasteiger partial charge in [0.15, 0.2) is 0 Å². The first-order valence-electron chi connectivity index (χ1n) is 7.68. The second-order valence-corrected chi connectivity index (χ2v) is 6.19. The van der Waals surface area contributed by atoms with Gasteiger partial charge in [-0.1, -0.05) is 38.8 Å². The Balaban J connectivity index is 2.28. The van der Waals surface area contributed by atoms with Gasteiger partial charge in [0.25, 0.3) is 0 Å². The van der Waals surface area contributed by atoms with E-state index in [1.807, 2.05) is 0 Å². The highest BCUT2D eigenvalue weighted by Gasteiger charge is 2.40. The van der Waals surface area contributed by atoms with Gasteiger partial charge in [0.05, 0.1) is 5.54 Å². The summed E-state index contributed by atoms with van der Waals surface area (Å²) in [6.07, 6.45) is 5.79. The Morgan fingerprint density at radius 3 is 2.70 bits per heavy atom. The molecule has 0 aromatic carbocycles.